The van der Waals surface area contributed by atoms with Gasteiger partial charge in [-0.25, -0.2) is 9.67 Å². The quantitative estimate of drug-likeness (QED) is 0.635. The van der Waals surface area contributed by atoms with Crippen molar-refractivity contribution in [1.82, 2.24) is 19.7 Å². The lowest BCUT2D eigenvalue weighted by atomic mass is 10.3. The Labute approximate surface area is 110 Å². The molecular formula is C11H16N6O2. The number of nitro groups is 1. The van der Waals surface area contributed by atoms with Gasteiger partial charge in [0.2, 0.25) is 5.82 Å². The summed E-state index contributed by atoms with van der Waals surface area (Å²) in [5, 5.41) is 18.4. The third-order valence-corrected chi connectivity index (χ3v) is 2.73. The number of H-pyrrole nitrogens is 1. The van der Waals surface area contributed by atoms with Crippen LogP contribution in [0.3, 0.4) is 0 Å². The number of imidazole rings is 1. The largest absolute Gasteiger partial charge is 0.359 e. The molecule has 0 saturated carbocycles. The molecule has 8 nitrogen and oxygen atoms in total. The van der Waals surface area contributed by atoms with Crippen LogP contribution in [0.15, 0.2) is 12.5 Å². The molecule has 2 rings (SSSR count). The van der Waals surface area contributed by atoms with Crippen LogP contribution in [0.5, 0.6) is 0 Å². The van der Waals surface area contributed by atoms with Crippen molar-refractivity contribution in [3.8, 4) is 0 Å². The second-order valence-electron chi connectivity index (χ2n) is 4.51. The second kappa shape index (κ2) is 5.09. The van der Waals surface area contributed by atoms with Crippen LogP contribution in [0.25, 0.3) is 0 Å². The van der Waals surface area contributed by atoms with Gasteiger partial charge in [-0.15, -0.1) is 0 Å². The number of nitrogens with one attached hydrogen (secondary N) is 2. The van der Waals surface area contributed by atoms with Crippen molar-refractivity contribution in [1.29, 1.82) is 0 Å². The Bertz CT molecular complexity index is 572. The molecule has 2 heterocycles. The molecule has 0 amide bonds. The van der Waals surface area contributed by atoms with Crippen LogP contribution < -0.4 is 5.32 Å². The Balaban J connectivity index is 2.32. The van der Waals surface area contributed by atoms with E-state index in [1.54, 1.807) is 24.1 Å². The van der Waals surface area contributed by atoms with E-state index in [9.17, 15) is 10.1 Å². The van der Waals surface area contributed by atoms with Gasteiger partial charge in [0.25, 0.3) is 0 Å². The number of anilines is 1. The molecular weight excluding hydrogens is 248 g/mol. The molecule has 0 aliphatic heterocycles. The van der Waals surface area contributed by atoms with Crippen molar-refractivity contribution in [3.05, 3.63) is 34.0 Å². The summed E-state index contributed by atoms with van der Waals surface area (Å²) < 4.78 is 1.63. The summed E-state index contributed by atoms with van der Waals surface area (Å²) >= 11 is 0. The van der Waals surface area contributed by atoms with E-state index < -0.39 is 4.92 Å². The highest BCUT2D eigenvalue weighted by Crippen LogP contribution is 2.30. The summed E-state index contributed by atoms with van der Waals surface area (Å²) in [5.41, 5.74) is 1.28. The lowest BCUT2D eigenvalue weighted by Gasteiger charge is -2.11. The van der Waals surface area contributed by atoms with E-state index in [2.05, 4.69) is 20.4 Å². The van der Waals surface area contributed by atoms with Crippen LogP contribution in [0.4, 0.5) is 11.5 Å². The Morgan fingerprint density at radius 2 is 2.32 bits per heavy atom. The predicted octanol–water partition coefficient (Wildman–Crippen LogP) is 2.02. The smallest absolute Gasteiger partial charge is 0.333 e. The lowest BCUT2D eigenvalue weighted by Crippen LogP contribution is -2.11. The molecule has 0 aliphatic rings. The Hall–Kier alpha value is -2.38. The Kier molecular flexibility index (Phi) is 3.50. The highest BCUT2D eigenvalue weighted by molar-refractivity contribution is 5.59. The van der Waals surface area contributed by atoms with Gasteiger partial charge in [0, 0.05) is 12.2 Å². The number of hydrogen-bond donors (Lipinski definition) is 2. The monoisotopic (exact) mass is 264 g/mol. The molecule has 0 unspecified atom stereocenters. The van der Waals surface area contributed by atoms with Crippen LogP contribution in [0.1, 0.15) is 31.3 Å². The normalized spacial score (nSPS) is 10.9. The predicted molar refractivity (Wildman–Crippen MR) is 69.9 cm³/mol. The van der Waals surface area contributed by atoms with Crippen molar-refractivity contribution < 1.29 is 4.92 Å². The molecule has 0 saturated heterocycles. The van der Waals surface area contributed by atoms with Crippen LogP contribution in [0.2, 0.25) is 0 Å². The zero-order chi connectivity index (χ0) is 14.0. The fourth-order valence-corrected chi connectivity index (χ4v) is 1.86. The first-order valence-corrected chi connectivity index (χ1v) is 5.95. The molecule has 0 atom stereocenters. The van der Waals surface area contributed by atoms with Gasteiger partial charge in [-0.1, -0.05) is 0 Å². The molecule has 2 aromatic rings. The molecule has 2 aromatic heterocycles. The standard InChI is InChI=1S/C11H16N6O2/c1-7(2)16-11(10(17(18)19)8(3)15-16)13-5-9-4-12-6-14-9/h4,6-7,13H,5H2,1-3H3,(H,12,14). The van der Waals surface area contributed by atoms with Crippen molar-refractivity contribution in [2.24, 2.45) is 0 Å². The van der Waals surface area contributed by atoms with Gasteiger partial charge >= 0.3 is 5.69 Å². The Morgan fingerprint density at radius 1 is 1.58 bits per heavy atom. The van der Waals surface area contributed by atoms with Gasteiger partial charge in [-0.3, -0.25) is 10.1 Å². The third-order valence-electron chi connectivity index (χ3n) is 2.73. The summed E-state index contributed by atoms with van der Waals surface area (Å²) in [7, 11) is 0. The molecule has 0 radical (unpaired) electrons. The van der Waals surface area contributed by atoms with Gasteiger partial charge in [0.1, 0.15) is 5.69 Å². The summed E-state index contributed by atoms with van der Waals surface area (Å²) in [6.45, 7) is 5.92. The van der Waals surface area contributed by atoms with E-state index in [-0.39, 0.29) is 11.7 Å². The average molecular weight is 264 g/mol. The fraction of sp³-hybridized carbons (Fsp3) is 0.455. The molecule has 0 aliphatic carbocycles. The first-order chi connectivity index (χ1) is 9.00. The fourth-order valence-electron chi connectivity index (χ4n) is 1.86. The molecule has 0 fully saturated rings. The zero-order valence-corrected chi connectivity index (χ0v) is 11.0. The molecule has 19 heavy (non-hydrogen) atoms. The van der Waals surface area contributed by atoms with Gasteiger partial charge in [-0.05, 0) is 20.8 Å². The van der Waals surface area contributed by atoms with E-state index >= 15 is 0 Å². The second-order valence-corrected chi connectivity index (χ2v) is 4.51. The van der Waals surface area contributed by atoms with Crippen molar-refractivity contribution in [2.45, 2.75) is 33.4 Å². The van der Waals surface area contributed by atoms with Crippen molar-refractivity contribution in [3.63, 3.8) is 0 Å². The van der Waals surface area contributed by atoms with Crippen molar-refractivity contribution >= 4 is 11.5 Å². The maximum Gasteiger partial charge on any atom is 0.333 e. The van der Waals surface area contributed by atoms with Gasteiger partial charge in [-0.2, -0.15) is 5.10 Å². The molecule has 0 bridgehead atoms. The maximum absolute atomic E-state index is 11.1. The minimum atomic E-state index is -0.406. The van der Waals surface area contributed by atoms with Gasteiger partial charge < -0.3 is 10.3 Å². The number of aryl methyl sites for hydroxylation is 1. The van der Waals surface area contributed by atoms with Crippen LogP contribution in [-0.4, -0.2) is 24.7 Å². The maximum atomic E-state index is 11.1. The minimum absolute atomic E-state index is 0.0215. The van der Waals surface area contributed by atoms with Crippen LogP contribution >= 0.6 is 0 Å². The minimum Gasteiger partial charge on any atom is -0.359 e. The van der Waals surface area contributed by atoms with Gasteiger partial charge in [0.05, 0.1) is 23.5 Å². The number of aromatic nitrogens is 4. The highest BCUT2D eigenvalue weighted by atomic mass is 16.6. The van der Waals surface area contributed by atoms with Crippen molar-refractivity contribution in [2.75, 3.05) is 5.32 Å². The number of rotatable bonds is 5. The molecule has 0 spiro atoms. The molecule has 8 heteroatoms. The summed E-state index contributed by atoms with van der Waals surface area (Å²) in [6.07, 6.45) is 3.23. The van der Waals surface area contributed by atoms with E-state index in [0.29, 0.717) is 18.1 Å². The summed E-state index contributed by atoms with van der Waals surface area (Å²) in [4.78, 5) is 17.6. The van der Waals surface area contributed by atoms with E-state index in [1.807, 2.05) is 13.8 Å². The average Bonchev–Trinajstić information content (AvgIpc) is 2.92. The number of nitrogens with zero attached hydrogens (tertiary/aromatic N) is 4. The topological polar surface area (TPSA) is 102 Å². The number of aromatic amines is 1. The summed E-state index contributed by atoms with van der Waals surface area (Å²) in [5.74, 6) is 0.423. The van der Waals surface area contributed by atoms with Crippen LogP contribution in [-0.2, 0) is 6.54 Å². The molecule has 102 valence electrons. The van der Waals surface area contributed by atoms with E-state index in [4.69, 9.17) is 0 Å². The van der Waals surface area contributed by atoms with Gasteiger partial charge in [0.15, 0.2) is 0 Å². The summed E-state index contributed by atoms with van der Waals surface area (Å²) in [6, 6.07) is 0.0386. The Morgan fingerprint density at radius 3 is 2.84 bits per heavy atom. The molecule has 2 N–H and O–H groups in total. The first-order valence-electron chi connectivity index (χ1n) is 5.95. The van der Waals surface area contributed by atoms with Crippen LogP contribution in [0, 0.1) is 17.0 Å². The highest BCUT2D eigenvalue weighted by Gasteiger charge is 2.26. The van der Waals surface area contributed by atoms with E-state index in [0.717, 1.165) is 5.69 Å². The third kappa shape index (κ3) is 2.56. The SMILES string of the molecule is Cc1nn(C(C)C)c(NCc2cnc[nH]2)c1[N+](=O)[O-]. The zero-order valence-electron chi connectivity index (χ0n) is 11.0. The molecule has 0 aromatic carbocycles. The number of hydrogen-bond acceptors (Lipinski definition) is 5. The van der Waals surface area contributed by atoms with E-state index in [1.165, 1.54) is 0 Å². The lowest BCUT2D eigenvalue weighted by molar-refractivity contribution is -0.384. The first kappa shape index (κ1) is 13.1.